The molecule has 0 aromatic heterocycles. The summed E-state index contributed by atoms with van der Waals surface area (Å²) in [7, 11) is -3.87. The molecule has 0 saturated heterocycles. The van der Waals surface area contributed by atoms with Gasteiger partial charge in [-0.05, 0) is 62.5 Å². The van der Waals surface area contributed by atoms with Crippen molar-refractivity contribution in [3.8, 4) is 0 Å². The quantitative estimate of drug-likeness (QED) is 0.447. The summed E-state index contributed by atoms with van der Waals surface area (Å²) in [6.07, 6.45) is 5.68. The van der Waals surface area contributed by atoms with E-state index in [2.05, 4.69) is 6.58 Å². The fraction of sp³-hybridized carbons (Fsp3) is 0.550. The summed E-state index contributed by atoms with van der Waals surface area (Å²) < 4.78 is 37.6. The van der Waals surface area contributed by atoms with E-state index in [4.69, 9.17) is 8.92 Å². The van der Waals surface area contributed by atoms with Gasteiger partial charge in [-0.2, -0.15) is 8.42 Å². The molecule has 4 aliphatic rings. The van der Waals surface area contributed by atoms with Crippen LogP contribution in [0.4, 0.5) is 0 Å². The Morgan fingerprint density at radius 3 is 2.38 bits per heavy atom. The lowest BCUT2D eigenvalue weighted by Gasteiger charge is -2.60. The molecule has 6 heteroatoms. The minimum atomic E-state index is -3.87. The van der Waals surface area contributed by atoms with Gasteiger partial charge in [0.05, 0.1) is 10.5 Å². The number of aryl methyl sites for hydroxylation is 1. The largest absolute Gasteiger partial charge is 0.456 e. The Labute approximate surface area is 154 Å². The SMILES string of the molecule is C=CC(=O)OC12CC3CC(C1)CC(OS(=O)(=O)c1ccccc1C)(C3)C2. The summed E-state index contributed by atoms with van der Waals surface area (Å²) in [6, 6.07) is 6.86. The van der Waals surface area contributed by atoms with Crippen molar-refractivity contribution in [1.29, 1.82) is 0 Å². The van der Waals surface area contributed by atoms with Crippen LogP contribution in [0, 0.1) is 18.8 Å². The van der Waals surface area contributed by atoms with E-state index in [0.29, 0.717) is 36.7 Å². The molecule has 1 aromatic carbocycles. The number of esters is 1. The zero-order chi connectivity index (χ0) is 18.6. The highest BCUT2D eigenvalue weighted by Gasteiger charge is 2.61. The second kappa shape index (κ2) is 5.92. The van der Waals surface area contributed by atoms with Crippen molar-refractivity contribution in [3.05, 3.63) is 42.5 Å². The van der Waals surface area contributed by atoms with E-state index >= 15 is 0 Å². The third-order valence-corrected chi connectivity index (χ3v) is 7.66. The van der Waals surface area contributed by atoms with Crippen LogP contribution in [0.1, 0.15) is 44.1 Å². The predicted octanol–water partition coefficient (Wildman–Crippen LogP) is 3.52. The van der Waals surface area contributed by atoms with Gasteiger partial charge in [-0.25, -0.2) is 4.79 Å². The smallest absolute Gasteiger partial charge is 0.330 e. The molecule has 0 radical (unpaired) electrons. The van der Waals surface area contributed by atoms with E-state index in [1.165, 1.54) is 6.08 Å². The highest BCUT2D eigenvalue weighted by atomic mass is 32.2. The van der Waals surface area contributed by atoms with E-state index in [1.807, 2.05) is 6.07 Å². The molecule has 2 atom stereocenters. The van der Waals surface area contributed by atoms with E-state index in [1.54, 1.807) is 25.1 Å². The number of benzene rings is 1. The van der Waals surface area contributed by atoms with Crippen LogP contribution in [0.25, 0.3) is 0 Å². The third kappa shape index (κ3) is 2.99. The topological polar surface area (TPSA) is 69.7 Å². The predicted molar refractivity (Wildman–Crippen MR) is 95.9 cm³/mol. The summed E-state index contributed by atoms with van der Waals surface area (Å²) >= 11 is 0. The van der Waals surface area contributed by atoms with Gasteiger partial charge in [0.15, 0.2) is 0 Å². The molecule has 4 aliphatic carbocycles. The first-order valence-electron chi connectivity index (χ1n) is 9.12. The maximum absolute atomic E-state index is 13.0. The molecule has 2 unspecified atom stereocenters. The van der Waals surface area contributed by atoms with Gasteiger partial charge in [0, 0.05) is 12.5 Å². The minimum absolute atomic E-state index is 0.216. The molecule has 0 spiro atoms. The molecular weight excluding hydrogens is 352 g/mol. The monoisotopic (exact) mass is 376 g/mol. The first-order chi connectivity index (χ1) is 12.2. The van der Waals surface area contributed by atoms with E-state index < -0.39 is 27.3 Å². The normalized spacial score (nSPS) is 35.3. The summed E-state index contributed by atoms with van der Waals surface area (Å²) in [5.74, 6) is 0.228. The van der Waals surface area contributed by atoms with Crippen LogP contribution >= 0.6 is 0 Å². The van der Waals surface area contributed by atoms with Crippen molar-refractivity contribution in [3.63, 3.8) is 0 Å². The second-order valence-corrected chi connectivity index (χ2v) is 9.77. The first kappa shape index (κ1) is 17.7. The molecule has 1 aromatic rings. The Morgan fingerprint density at radius 1 is 1.15 bits per heavy atom. The van der Waals surface area contributed by atoms with Gasteiger partial charge in [-0.3, -0.25) is 4.18 Å². The highest BCUT2D eigenvalue weighted by molar-refractivity contribution is 7.86. The van der Waals surface area contributed by atoms with Gasteiger partial charge in [0.2, 0.25) is 0 Å². The number of hydrogen-bond acceptors (Lipinski definition) is 5. The molecule has 5 nitrogen and oxygen atoms in total. The zero-order valence-electron chi connectivity index (χ0n) is 14.9. The molecular formula is C20H24O5S. The molecule has 4 bridgehead atoms. The van der Waals surface area contributed by atoms with Gasteiger partial charge >= 0.3 is 5.97 Å². The van der Waals surface area contributed by atoms with Crippen LogP contribution in [0.15, 0.2) is 41.8 Å². The number of rotatable bonds is 5. The van der Waals surface area contributed by atoms with E-state index in [-0.39, 0.29) is 4.90 Å². The Kier molecular flexibility index (Phi) is 4.04. The molecule has 0 N–H and O–H groups in total. The fourth-order valence-electron chi connectivity index (χ4n) is 5.68. The Hall–Kier alpha value is -1.66. The summed E-state index contributed by atoms with van der Waals surface area (Å²) in [4.78, 5) is 12.1. The van der Waals surface area contributed by atoms with E-state index in [0.717, 1.165) is 19.3 Å². The molecule has 4 fully saturated rings. The number of carbonyl (C=O) groups is 1. The maximum Gasteiger partial charge on any atom is 0.330 e. The standard InChI is InChI=1S/C20H24O5S/c1-3-18(21)24-19-9-15-8-16(10-19)12-20(11-15,13-19)25-26(22,23)17-7-5-4-6-14(17)2/h3-7,15-16H,1,8-13H2,2H3. The van der Waals surface area contributed by atoms with Crippen molar-refractivity contribution in [2.75, 3.05) is 0 Å². The molecule has 4 saturated carbocycles. The highest BCUT2D eigenvalue weighted by Crippen LogP contribution is 2.60. The van der Waals surface area contributed by atoms with Crippen molar-refractivity contribution < 1.29 is 22.1 Å². The Bertz CT molecular complexity index is 843. The second-order valence-electron chi connectivity index (χ2n) is 8.26. The molecule has 0 heterocycles. The van der Waals surface area contributed by atoms with Crippen LogP contribution in [-0.2, 0) is 23.8 Å². The Morgan fingerprint density at radius 2 is 1.77 bits per heavy atom. The number of carbonyl (C=O) groups excluding carboxylic acids is 1. The third-order valence-electron chi connectivity index (χ3n) is 6.09. The lowest BCUT2D eigenvalue weighted by Crippen LogP contribution is -2.61. The zero-order valence-corrected chi connectivity index (χ0v) is 15.8. The maximum atomic E-state index is 13.0. The molecule has 0 amide bonds. The lowest BCUT2D eigenvalue weighted by molar-refractivity contribution is -0.208. The Balaban J connectivity index is 1.65. The van der Waals surface area contributed by atoms with Crippen molar-refractivity contribution >= 4 is 16.1 Å². The molecule has 0 aliphatic heterocycles. The average molecular weight is 376 g/mol. The van der Waals surface area contributed by atoms with Crippen molar-refractivity contribution in [2.45, 2.75) is 61.5 Å². The van der Waals surface area contributed by atoms with Gasteiger partial charge in [0.25, 0.3) is 10.1 Å². The molecule has 26 heavy (non-hydrogen) atoms. The summed E-state index contributed by atoms with van der Waals surface area (Å²) in [5, 5.41) is 0. The molecule has 5 rings (SSSR count). The number of ether oxygens (including phenoxy) is 1. The van der Waals surface area contributed by atoms with Crippen LogP contribution in [0.5, 0.6) is 0 Å². The number of hydrogen-bond donors (Lipinski definition) is 0. The van der Waals surface area contributed by atoms with Gasteiger partial charge in [-0.1, -0.05) is 24.8 Å². The fourth-order valence-corrected chi connectivity index (χ4v) is 7.14. The molecule has 140 valence electrons. The van der Waals surface area contributed by atoms with Crippen LogP contribution in [-0.4, -0.2) is 25.6 Å². The van der Waals surface area contributed by atoms with Crippen molar-refractivity contribution in [2.24, 2.45) is 11.8 Å². The average Bonchev–Trinajstić information content (AvgIpc) is 2.52. The first-order valence-corrected chi connectivity index (χ1v) is 10.5. The van der Waals surface area contributed by atoms with Gasteiger partial charge < -0.3 is 4.74 Å². The van der Waals surface area contributed by atoms with E-state index in [9.17, 15) is 13.2 Å². The minimum Gasteiger partial charge on any atom is -0.456 e. The summed E-state index contributed by atoms with van der Waals surface area (Å²) in [6.45, 7) is 5.25. The van der Waals surface area contributed by atoms with Crippen LogP contribution in [0.3, 0.4) is 0 Å². The lowest BCUT2D eigenvalue weighted by atomic mass is 9.52. The van der Waals surface area contributed by atoms with Gasteiger partial charge in [-0.15, -0.1) is 0 Å². The van der Waals surface area contributed by atoms with Crippen LogP contribution < -0.4 is 0 Å². The summed E-state index contributed by atoms with van der Waals surface area (Å²) in [5.41, 5.74) is -0.714. The van der Waals surface area contributed by atoms with Crippen molar-refractivity contribution in [1.82, 2.24) is 0 Å². The van der Waals surface area contributed by atoms with Crippen LogP contribution in [0.2, 0.25) is 0 Å². The van der Waals surface area contributed by atoms with Gasteiger partial charge in [0.1, 0.15) is 5.60 Å².